The van der Waals surface area contributed by atoms with Gasteiger partial charge in [-0.05, 0) is 74.1 Å². The van der Waals surface area contributed by atoms with Crippen molar-refractivity contribution in [3.05, 3.63) is 78.1 Å². The number of ether oxygens (including phenoxy) is 2. The highest BCUT2D eigenvalue weighted by Crippen LogP contribution is 2.31. The molecule has 40 heavy (non-hydrogen) atoms. The van der Waals surface area contributed by atoms with E-state index >= 15 is 0 Å². The van der Waals surface area contributed by atoms with Crippen LogP contribution in [0, 0.1) is 5.92 Å². The van der Waals surface area contributed by atoms with Crippen molar-refractivity contribution < 1.29 is 24.2 Å². The van der Waals surface area contributed by atoms with Crippen LogP contribution in [-0.4, -0.2) is 77.8 Å². The molecule has 2 aromatic carbocycles. The third-order valence-electron chi connectivity index (χ3n) is 6.96. The van der Waals surface area contributed by atoms with Crippen LogP contribution in [0.15, 0.2) is 67.0 Å². The Hall–Kier alpha value is -4.15. The van der Waals surface area contributed by atoms with Gasteiger partial charge in [0.05, 0.1) is 25.3 Å². The van der Waals surface area contributed by atoms with Gasteiger partial charge in [-0.3, -0.25) is 14.7 Å². The van der Waals surface area contributed by atoms with E-state index in [-0.39, 0.29) is 30.6 Å². The Morgan fingerprint density at radius 1 is 1.15 bits per heavy atom. The van der Waals surface area contributed by atoms with E-state index in [1.54, 1.807) is 66.9 Å². The van der Waals surface area contributed by atoms with Crippen LogP contribution >= 0.6 is 0 Å². The molecule has 0 aliphatic carbocycles. The lowest BCUT2D eigenvalue weighted by molar-refractivity contribution is 0.0341. The first kappa shape index (κ1) is 28.8. The van der Waals surface area contributed by atoms with E-state index in [9.17, 15) is 14.7 Å². The number of nitrogens with zero attached hydrogens (tertiary/aromatic N) is 3. The molecule has 0 saturated carbocycles. The fraction of sp³-hybridized carbons (Fsp3) is 0.367. The number of aliphatic hydroxyl groups is 1. The Balaban J connectivity index is 1.54. The summed E-state index contributed by atoms with van der Waals surface area (Å²) >= 11 is 0. The quantitative estimate of drug-likeness (QED) is 0.370. The van der Waals surface area contributed by atoms with E-state index in [2.05, 4.69) is 27.4 Å². The highest BCUT2D eigenvalue weighted by molar-refractivity contribution is 6.02. The van der Waals surface area contributed by atoms with Crippen molar-refractivity contribution in [2.24, 2.45) is 5.92 Å². The second kappa shape index (κ2) is 13.3. The van der Waals surface area contributed by atoms with Crippen LogP contribution in [0.3, 0.4) is 0 Å². The Morgan fingerprint density at radius 3 is 2.50 bits per heavy atom. The van der Waals surface area contributed by atoms with Crippen molar-refractivity contribution in [1.82, 2.24) is 14.8 Å². The normalized spacial score (nSPS) is 17.8. The van der Waals surface area contributed by atoms with Gasteiger partial charge < -0.3 is 30.1 Å². The Bertz CT molecular complexity index is 1290. The van der Waals surface area contributed by atoms with Crippen LogP contribution in [0.5, 0.6) is 11.5 Å². The number of rotatable bonds is 9. The zero-order chi connectivity index (χ0) is 28.6. The van der Waals surface area contributed by atoms with Crippen molar-refractivity contribution >= 4 is 23.3 Å². The standard InChI is InChI=1S/C30H37N5O5/c1-20-16-35(21(2)19-36)29(37)26-15-24(33-30(38)32-23-5-8-25(39-4)9-6-23)7-10-27(26)40-28(20)18-34(3)17-22-11-13-31-14-12-22/h5-15,20-21,28,36H,16-19H2,1-4H3,(H2,32,33,38)/t20-,21-,28+/m0/s1. The number of hydrogen-bond acceptors (Lipinski definition) is 7. The summed E-state index contributed by atoms with van der Waals surface area (Å²) in [5.74, 6) is 0.865. The number of methoxy groups -OCH3 is 1. The number of likely N-dealkylation sites (N-methyl/N-ethyl adjacent to an activating group) is 1. The summed E-state index contributed by atoms with van der Waals surface area (Å²) in [6.45, 7) is 5.49. The predicted octanol–water partition coefficient (Wildman–Crippen LogP) is 4.09. The second-order valence-corrected chi connectivity index (χ2v) is 10.2. The number of aromatic nitrogens is 1. The molecule has 212 valence electrons. The summed E-state index contributed by atoms with van der Waals surface area (Å²) in [6, 6.07) is 15.1. The minimum absolute atomic E-state index is 0.000865. The van der Waals surface area contributed by atoms with Gasteiger partial charge in [0.1, 0.15) is 17.6 Å². The number of fused-ring (bicyclic) bond motifs is 1. The number of benzene rings is 2. The fourth-order valence-corrected chi connectivity index (χ4v) is 4.66. The smallest absolute Gasteiger partial charge is 0.323 e. The van der Waals surface area contributed by atoms with Gasteiger partial charge in [0.2, 0.25) is 0 Å². The largest absolute Gasteiger partial charge is 0.497 e. The molecule has 1 aliphatic heterocycles. The van der Waals surface area contributed by atoms with E-state index in [0.717, 1.165) is 12.1 Å². The number of nitrogens with one attached hydrogen (secondary N) is 2. The van der Waals surface area contributed by atoms with Crippen molar-refractivity contribution in [2.75, 3.05) is 44.5 Å². The number of urea groups is 1. The number of carbonyl (C=O) groups is 2. The van der Waals surface area contributed by atoms with Gasteiger partial charge in [0.25, 0.3) is 5.91 Å². The van der Waals surface area contributed by atoms with Crippen LogP contribution in [-0.2, 0) is 6.54 Å². The number of pyridine rings is 1. The number of amides is 3. The van der Waals surface area contributed by atoms with E-state index in [1.807, 2.05) is 26.1 Å². The topological polar surface area (TPSA) is 116 Å². The molecule has 3 N–H and O–H groups in total. The molecule has 3 atom stereocenters. The molecule has 0 fully saturated rings. The number of aliphatic hydroxyl groups excluding tert-OH is 1. The summed E-state index contributed by atoms with van der Waals surface area (Å²) in [5.41, 5.74) is 2.51. The zero-order valence-corrected chi connectivity index (χ0v) is 23.3. The highest BCUT2D eigenvalue weighted by atomic mass is 16.5. The maximum Gasteiger partial charge on any atom is 0.323 e. The van der Waals surface area contributed by atoms with Gasteiger partial charge in [-0.2, -0.15) is 0 Å². The molecule has 0 spiro atoms. The minimum Gasteiger partial charge on any atom is -0.497 e. The average Bonchev–Trinajstić information content (AvgIpc) is 2.95. The average molecular weight is 548 g/mol. The van der Waals surface area contributed by atoms with Crippen molar-refractivity contribution in [2.45, 2.75) is 32.5 Å². The molecule has 0 saturated heterocycles. The zero-order valence-electron chi connectivity index (χ0n) is 23.3. The first-order valence-electron chi connectivity index (χ1n) is 13.3. The van der Waals surface area contributed by atoms with Crippen LogP contribution in [0.4, 0.5) is 16.2 Å². The van der Waals surface area contributed by atoms with Gasteiger partial charge in [-0.25, -0.2) is 4.79 Å². The van der Waals surface area contributed by atoms with Gasteiger partial charge in [0, 0.05) is 49.3 Å². The third-order valence-corrected chi connectivity index (χ3v) is 6.96. The molecule has 3 aromatic rings. The monoisotopic (exact) mass is 547 g/mol. The van der Waals surface area contributed by atoms with Crippen molar-refractivity contribution in [3.8, 4) is 11.5 Å². The predicted molar refractivity (Wildman–Crippen MR) is 154 cm³/mol. The summed E-state index contributed by atoms with van der Waals surface area (Å²) in [5, 5.41) is 15.5. The molecule has 3 amide bonds. The second-order valence-electron chi connectivity index (χ2n) is 10.2. The number of carbonyl (C=O) groups excluding carboxylic acids is 2. The fourth-order valence-electron chi connectivity index (χ4n) is 4.66. The van der Waals surface area contributed by atoms with E-state index in [1.165, 1.54) is 0 Å². The molecule has 1 aliphatic rings. The van der Waals surface area contributed by atoms with E-state index < -0.39 is 6.03 Å². The van der Waals surface area contributed by atoms with Gasteiger partial charge >= 0.3 is 6.03 Å². The maximum absolute atomic E-state index is 13.7. The lowest BCUT2D eigenvalue weighted by atomic mass is 9.99. The third kappa shape index (κ3) is 7.28. The molecule has 0 bridgehead atoms. The van der Waals surface area contributed by atoms with Gasteiger partial charge in [-0.1, -0.05) is 6.92 Å². The lowest BCUT2D eigenvalue weighted by Crippen LogP contribution is -2.49. The minimum atomic E-state index is -0.450. The van der Waals surface area contributed by atoms with Crippen LogP contribution in [0.1, 0.15) is 29.8 Å². The molecule has 10 nitrogen and oxygen atoms in total. The van der Waals surface area contributed by atoms with E-state index in [0.29, 0.717) is 41.5 Å². The molecule has 10 heteroatoms. The SMILES string of the molecule is COc1ccc(NC(=O)Nc2ccc3c(c2)C(=O)N([C@@H](C)CO)C[C@H](C)[C@@H](CN(C)Cc2ccncc2)O3)cc1. The molecular weight excluding hydrogens is 510 g/mol. The molecule has 2 heterocycles. The molecule has 4 rings (SSSR count). The van der Waals surface area contributed by atoms with Gasteiger partial charge in [0.15, 0.2) is 0 Å². The van der Waals surface area contributed by atoms with Gasteiger partial charge in [-0.15, -0.1) is 0 Å². The van der Waals surface area contributed by atoms with Crippen molar-refractivity contribution in [1.29, 1.82) is 0 Å². The van der Waals surface area contributed by atoms with E-state index in [4.69, 9.17) is 9.47 Å². The van der Waals surface area contributed by atoms with Crippen LogP contribution in [0.2, 0.25) is 0 Å². The molecule has 0 unspecified atom stereocenters. The Kier molecular flexibility index (Phi) is 9.57. The Labute approximate surface area is 234 Å². The Morgan fingerprint density at radius 2 is 1.82 bits per heavy atom. The first-order chi connectivity index (χ1) is 19.3. The maximum atomic E-state index is 13.7. The summed E-state index contributed by atoms with van der Waals surface area (Å²) < 4.78 is 11.6. The molecule has 1 aromatic heterocycles. The summed E-state index contributed by atoms with van der Waals surface area (Å²) in [4.78, 5) is 34.3. The molecular formula is C30H37N5O5. The van der Waals surface area contributed by atoms with Crippen LogP contribution in [0.25, 0.3) is 0 Å². The lowest BCUT2D eigenvalue weighted by Gasteiger charge is -2.38. The first-order valence-corrected chi connectivity index (χ1v) is 13.3. The number of hydrogen-bond donors (Lipinski definition) is 3. The summed E-state index contributed by atoms with van der Waals surface area (Å²) in [7, 11) is 3.61. The van der Waals surface area contributed by atoms with Crippen LogP contribution < -0.4 is 20.1 Å². The number of anilines is 2. The highest BCUT2D eigenvalue weighted by Gasteiger charge is 2.33. The molecule has 0 radical (unpaired) electrons. The van der Waals surface area contributed by atoms with Crippen molar-refractivity contribution in [3.63, 3.8) is 0 Å². The summed E-state index contributed by atoms with van der Waals surface area (Å²) in [6.07, 6.45) is 3.33.